The average Bonchev–Trinajstić information content (AvgIpc) is 2.07. The van der Waals surface area contributed by atoms with Gasteiger partial charge in [-0.1, -0.05) is 54.9 Å². The molecule has 0 aromatic carbocycles. The molecule has 82 valence electrons. The molecule has 0 bridgehead atoms. The Morgan fingerprint density at radius 3 is 1.54 bits per heavy atom. The van der Waals surface area contributed by atoms with Crippen LogP contribution in [0.3, 0.4) is 0 Å². The van der Waals surface area contributed by atoms with Crippen LogP contribution in [-0.4, -0.2) is 6.54 Å². The zero-order valence-electron chi connectivity index (χ0n) is 10.7. The van der Waals surface area contributed by atoms with E-state index < -0.39 is 0 Å². The van der Waals surface area contributed by atoms with Crippen molar-refractivity contribution >= 4 is 0 Å². The van der Waals surface area contributed by atoms with Crippen LogP contribution in [0, 0.1) is 10.8 Å². The van der Waals surface area contributed by atoms with Crippen molar-refractivity contribution in [2.24, 2.45) is 16.6 Å². The lowest BCUT2D eigenvalue weighted by Crippen LogP contribution is -2.29. The first-order valence-electron chi connectivity index (χ1n) is 5.53. The Bertz CT molecular complexity index is 100. The Morgan fingerprint density at radius 2 is 1.31 bits per heavy atom. The van der Waals surface area contributed by atoms with Gasteiger partial charge in [-0.05, 0) is 23.8 Å². The third-order valence-electron chi connectivity index (χ3n) is 2.47. The minimum absolute atomic E-state index is 0.305. The minimum atomic E-state index is 0.305. The van der Waals surface area contributed by atoms with Crippen LogP contribution in [0.1, 0.15) is 61.3 Å². The topological polar surface area (TPSA) is 26.0 Å². The predicted octanol–water partition coefficient (Wildman–Crippen LogP) is 3.82. The average molecular weight is 187 g/mol. The van der Waals surface area contributed by atoms with Crippen molar-refractivity contribution in [2.45, 2.75) is 61.3 Å². The molecule has 1 heteroatoms. The fourth-order valence-electron chi connectivity index (χ4n) is 1.49. The summed E-state index contributed by atoms with van der Waals surface area (Å²) in [5, 5.41) is 0. The largest absolute Gasteiger partial charge is 0.330 e. The molecular formula is C12H29N. The van der Waals surface area contributed by atoms with Crippen LogP contribution >= 0.6 is 0 Å². The molecule has 0 saturated heterocycles. The lowest BCUT2D eigenvalue weighted by molar-refractivity contribution is 0.195. The quantitative estimate of drug-likeness (QED) is 0.711. The Balaban J connectivity index is 0. The molecular weight excluding hydrogens is 158 g/mol. The van der Waals surface area contributed by atoms with E-state index in [1.165, 1.54) is 12.8 Å². The van der Waals surface area contributed by atoms with Gasteiger partial charge in [-0.2, -0.15) is 0 Å². The maximum absolute atomic E-state index is 5.67. The molecule has 0 aromatic rings. The number of hydrogen-bond acceptors (Lipinski definition) is 1. The molecule has 0 rings (SSSR count). The first kappa shape index (κ1) is 15.4. The van der Waals surface area contributed by atoms with Crippen molar-refractivity contribution in [3.8, 4) is 0 Å². The molecule has 0 atom stereocenters. The number of nitrogens with two attached hydrogens (primary N) is 1. The third kappa shape index (κ3) is 8.29. The van der Waals surface area contributed by atoms with Crippen molar-refractivity contribution in [1.29, 1.82) is 0 Å². The van der Waals surface area contributed by atoms with Gasteiger partial charge in [-0.25, -0.2) is 0 Å². The summed E-state index contributed by atoms with van der Waals surface area (Å²) in [6, 6.07) is 0. The van der Waals surface area contributed by atoms with Gasteiger partial charge >= 0.3 is 0 Å². The van der Waals surface area contributed by atoms with E-state index in [2.05, 4.69) is 34.6 Å². The van der Waals surface area contributed by atoms with Gasteiger partial charge in [0.2, 0.25) is 0 Å². The highest BCUT2D eigenvalue weighted by atomic mass is 14.6. The second-order valence-electron chi connectivity index (χ2n) is 5.06. The molecule has 13 heavy (non-hydrogen) atoms. The van der Waals surface area contributed by atoms with E-state index >= 15 is 0 Å². The standard InChI is InChI=1S/C10H23N.C2H6/c1-6-9(2,3)7-10(4,5)8-11;1-2/h6-8,11H2,1-5H3;1-2H3. The van der Waals surface area contributed by atoms with Gasteiger partial charge in [0.1, 0.15) is 0 Å². The monoisotopic (exact) mass is 187 g/mol. The van der Waals surface area contributed by atoms with E-state index in [0.717, 1.165) is 6.54 Å². The van der Waals surface area contributed by atoms with E-state index in [1.54, 1.807) is 0 Å². The first-order valence-corrected chi connectivity index (χ1v) is 5.53. The molecule has 0 spiro atoms. The summed E-state index contributed by atoms with van der Waals surface area (Å²) >= 11 is 0. The van der Waals surface area contributed by atoms with Crippen LogP contribution in [-0.2, 0) is 0 Å². The highest BCUT2D eigenvalue weighted by molar-refractivity contribution is 4.78. The Morgan fingerprint density at radius 1 is 0.923 bits per heavy atom. The molecule has 1 nitrogen and oxygen atoms in total. The van der Waals surface area contributed by atoms with Gasteiger partial charge in [-0.15, -0.1) is 0 Å². The second kappa shape index (κ2) is 6.42. The van der Waals surface area contributed by atoms with E-state index in [1.807, 2.05) is 13.8 Å². The lowest BCUT2D eigenvalue weighted by atomic mass is 9.74. The smallest absolute Gasteiger partial charge is 0.00256 e. The van der Waals surface area contributed by atoms with Crippen LogP contribution in [0.15, 0.2) is 0 Å². The summed E-state index contributed by atoms with van der Waals surface area (Å²) in [7, 11) is 0. The van der Waals surface area contributed by atoms with Crippen molar-refractivity contribution in [1.82, 2.24) is 0 Å². The maximum Gasteiger partial charge on any atom is -0.00256 e. The van der Waals surface area contributed by atoms with E-state index in [0.29, 0.717) is 10.8 Å². The molecule has 0 aliphatic carbocycles. The molecule has 0 amide bonds. The van der Waals surface area contributed by atoms with Crippen molar-refractivity contribution in [2.75, 3.05) is 6.54 Å². The van der Waals surface area contributed by atoms with Crippen molar-refractivity contribution in [3.63, 3.8) is 0 Å². The summed E-state index contributed by atoms with van der Waals surface area (Å²) in [4.78, 5) is 0. The van der Waals surface area contributed by atoms with Gasteiger partial charge < -0.3 is 5.73 Å². The number of hydrogen-bond donors (Lipinski definition) is 1. The van der Waals surface area contributed by atoms with E-state index in [4.69, 9.17) is 5.73 Å². The summed E-state index contributed by atoms with van der Waals surface area (Å²) in [6.45, 7) is 16.1. The Hall–Kier alpha value is -0.0400. The molecule has 0 radical (unpaired) electrons. The molecule has 0 aliphatic rings. The van der Waals surface area contributed by atoms with Crippen molar-refractivity contribution < 1.29 is 0 Å². The van der Waals surface area contributed by atoms with Crippen LogP contribution in [0.5, 0.6) is 0 Å². The first-order chi connectivity index (χ1) is 5.83. The molecule has 0 heterocycles. The van der Waals surface area contributed by atoms with Gasteiger partial charge in [0.05, 0.1) is 0 Å². The molecule has 0 unspecified atom stereocenters. The molecule has 0 aromatic heterocycles. The normalized spacial score (nSPS) is 12.0. The predicted molar refractivity (Wildman–Crippen MR) is 62.9 cm³/mol. The summed E-state index contributed by atoms with van der Waals surface area (Å²) in [5.74, 6) is 0. The van der Waals surface area contributed by atoms with Crippen LogP contribution in [0.25, 0.3) is 0 Å². The summed E-state index contributed by atoms with van der Waals surface area (Å²) < 4.78 is 0. The summed E-state index contributed by atoms with van der Waals surface area (Å²) in [6.07, 6.45) is 2.45. The van der Waals surface area contributed by atoms with E-state index in [-0.39, 0.29) is 0 Å². The van der Waals surface area contributed by atoms with Gasteiger partial charge in [0, 0.05) is 0 Å². The van der Waals surface area contributed by atoms with Crippen molar-refractivity contribution in [3.05, 3.63) is 0 Å². The van der Waals surface area contributed by atoms with E-state index in [9.17, 15) is 0 Å². The molecule has 0 fully saturated rings. The molecule has 0 saturated carbocycles. The lowest BCUT2D eigenvalue weighted by Gasteiger charge is -2.33. The van der Waals surface area contributed by atoms with Gasteiger partial charge in [0.25, 0.3) is 0 Å². The highest BCUT2D eigenvalue weighted by Gasteiger charge is 2.25. The van der Waals surface area contributed by atoms with Gasteiger partial charge in [0.15, 0.2) is 0 Å². The Kier molecular flexibility index (Phi) is 7.62. The van der Waals surface area contributed by atoms with Crippen LogP contribution < -0.4 is 5.73 Å². The fraction of sp³-hybridized carbons (Fsp3) is 1.00. The Labute approximate surface area is 85.1 Å². The maximum atomic E-state index is 5.67. The fourth-order valence-corrected chi connectivity index (χ4v) is 1.49. The number of rotatable bonds is 4. The SMILES string of the molecule is CC.CCC(C)(C)CC(C)(C)CN. The summed E-state index contributed by atoms with van der Waals surface area (Å²) in [5.41, 5.74) is 6.42. The highest BCUT2D eigenvalue weighted by Crippen LogP contribution is 2.34. The second-order valence-corrected chi connectivity index (χ2v) is 5.06. The van der Waals surface area contributed by atoms with Crippen LogP contribution in [0.4, 0.5) is 0 Å². The zero-order valence-corrected chi connectivity index (χ0v) is 10.7. The minimum Gasteiger partial charge on any atom is -0.330 e. The molecule has 2 N–H and O–H groups in total. The van der Waals surface area contributed by atoms with Gasteiger partial charge in [-0.3, -0.25) is 0 Å². The zero-order chi connectivity index (χ0) is 11.1. The third-order valence-corrected chi connectivity index (χ3v) is 2.47. The van der Waals surface area contributed by atoms with Crippen LogP contribution in [0.2, 0.25) is 0 Å². The molecule has 0 aliphatic heterocycles.